The van der Waals surface area contributed by atoms with Crippen LogP contribution in [0.15, 0.2) is 12.2 Å². The number of phosphoric ester groups is 1. The normalized spacial score (nSPS) is 13.7. The van der Waals surface area contributed by atoms with E-state index in [-0.39, 0.29) is 38.6 Å². The number of unbranched alkanes of at least 4 members (excludes halogenated alkanes) is 17. The fourth-order valence-corrected chi connectivity index (χ4v) is 5.33. The van der Waals surface area contributed by atoms with Gasteiger partial charge in [-0.2, -0.15) is 0 Å². The van der Waals surface area contributed by atoms with Gasteiger partial charge in [-0.3, -0.25) is 18.6 Å². The average molecular weight is 634 g/mol. The summed E-state index contributed by atoms with van der Waals surface area (Å²) in [6.45, 7) is 3.66. The van der Waals surface area contributed by atoms with E-state index in [1.165, 1.54) is 64.2 Å². The molecule has 1 unspecified atom stereocenters. The molecule has 0 rings (SSSR count). The number of esters is 2. The van der Waals surface area contributed by atoms with Crippen LogP contribution in [0.25, 0.3) is 0 Å². The number of nitrogens with two attached hydrogens (primary N) is 1. The molecule has 0 spiro atoms. The summed E-state index contributed by atoms with van der Waals surface area (Å²) in [5.74, 6) is -0.840. The lowest BCUT2D eigenvalue weighted by atomic mass is 10.1. The Hall–Kier alpha value is -1.25. The Bertz CT molecular complexity index is 734. The van der Waals surface area contributed by atoms with Gasteiger partial charge in [0, 0.05) is 19.4 Å². The molecule has 0 fully saturated rings. The van der Waals surface area contributed by atoms with Gasteiger partial charge in [0.15, 0.2) is 6.10 Å². The molecule has 0 bridgehead atoms. The minimum Gasteiger partial charge on any atom is -0.462 e. The third kappa shape index (κ3) is 30.6. The number of phosphoric acid groups is 1. The van der Waals surface area contributed by atoms with Crippen molar-refractivity contribution in [3.05, 3.63) is 12.2 Å². The number of hydrogen-bond donors (Lipinski definition) is 2. The first-order valence-electron chi connectivity index (χ1n) is 17.2. The summed E-state index contributed by atoms with van der Waals surface area (Å²) in [6.07, 6.45) is 26.7. The van der Waals surface area contributed by atoms with Gasteiger partial charge in [0.05, 0.1) is 13.2 Å². The molecular weight excluding hydrogens is 569 g/mol. The predicted octanol–water partition coefficient (Wildman–Crippen LogP) is 8.71. The molecule has 0 aliphatic carbocycles. The molecule has 0 saturated carbocycles. The second kappa shape index (κ2) is 30.8. The number of ether oxygens (including phenoxy) is 2. The van der Waals surface area contributed by atoms with E-state index >= 15 is 0 Å². The highest BCUT2D eigenvalue weighted by Crippen LogP contribution is 2.43. The number of hydrogen-bond acceptors (Lipinski definition) is 8. The lowest BCUT2D eigenvalue weighted by Crippen LogP contribution is -2.29. The van der Waals surface area contributed by atoms with Crippen LogP contribution >= 0.6 is 7.82 Å². The fourth-order valence-electron chi connectivity index (χ4n) is 4.57. The second-order valence-corrected chi connectivity index (χ2v) is 12.8. The van der Waals surface area contributed by atoms with Gasteiger partial charge in [0.1, 0.15) is 6.61 Å². The summed E-state index contributed by atoms with van der Waals surface area (Å²) < 4.78 is 32.5. The Morgan fingerprint density at radius 3 is 1.70 bits per heavy atom. The highest BCUT2D eigenvalue weighted by Gasteiger charge is 2.25. The minimum absolute atomic E-state index is 0.0542. The molecular formula is C33H64NO8P. The lowest BCUT2D eigenvalue weighted by Gasteiger charge is -2.19. The minimum atomic E-state index is -4.36. The van der Waals surface area contributed by atoms with Gasteiger partial charge in [-0.15, -0.1) is 0 Å². The quantitative estimate of drug-likeness (QED) is 0.0323. The van der Waals surface area contributed by atoms with Crippen LogP contribution in [-0.4, -0.2) is 49.3 Å². The SMILES string of the molecule is CCCCC/C=C\CCCCCCCC(=O)O[C@H](COC(=O)CCCCCCCCCCCC)COP(=O)(O)OCCN. The molecule has 10 heteroatoms. The Labute approximate surface area is 262 Å². The van der Waals surface area contributed by atoms with Crippen molar-refractivity contribution in [2.45, 2.75) is 161 Å². The van der Waals surface area contributed by atoms with Gasteiger partial charge < -0.3 is 20.1 Å². The van der Waals surface area contributed by atoms with Gasteiger partial charge in [-0.1, -0.05) is 116 Å². The summed E-state index contributed by atoms with van der Waals surface area (Å²) in [5.41, 5.74) is 5.31. The molecule has 0 aromatic carbocycles. The molecule has 0 amide bonds. The van der Waals surface area contributed by atoms with Crippen molar-refractivity contribution in [2.24, 2.45) is 5.73 Å². The molecule has 0 saturated heterocycles. The Morgan fingerprint density at radius 2 is 1.14 bits per heavy atom. The van der Waals surface area contributed by atoms with Crippen molar-refractivity contribution in [3.63, 3.8) is 0 Å². The molecule has 0 radical (unpaired) electrons. The van der Waals surface area contributed by atoms with Crippen LogP contribution in [0.5, 0.6) is 0 Å². The average Bonchev–Trinajstić information content (AvgIpc) is 2.99. The van der Waals surface area contributed by atoms with E-state index in [0.717, 1.165) is 57.8 Å². The molecule has 0 aromatic heterocycles. The largest absolute Gasteiger partial charge is 0.472 e. The number of rotatable bonds is 32. The zero-order valence-corrected chi connectivity index (χ0v) is 28.3. The standard InChI is InChI=1S/C33H64NO8P/c1-3-5-7-9-11-13-15-16-18-20-22-24-26-33(36)42-31(30-41-43(37,38)40-28-27-34)29-39-32(35)25-23-21-19-17-14-12-10-8-6-4-2/h11,13,31H,3-10,12,14-30,34H2,1-2H3,(H,37,38)/b13-11-/t31-/m1/s1. The first kappa shape index (κ1) is 41.8. The maximum atomic E-state index is 12.4. The Morgan fingerprint density at radius 1 is 0.674 bits per heavy atom. The molecule has 9 nitrogen and oxygen atoms in total. The van der Waals surface area contributed by atoms with Crippen molar-refractivity contribution in [1.29, 1.82) is 0 Å². The fraction of sp³-hybridized carbons (Fsp3) is 0.879. The highest BCUT2D eigenvalue weighted by atomic mass is 31.2. The van der Waals surface area contributed by atoms with Crippen molar-refractivity contribution in [3.8, 4) is 0 Å². The molecule has 43 heavy (non-hydrogen) atoms. The molecule has 0 aliphatic heterocycles. The predicted molar refractivity (Wildman–Crippen MR) is 174 cm³/mol. The monoisotopic (exact) mass is 633 g/mol. The van der Waals surface area contributed by atoms with Crippen LogP contribution in [0.3, 0.4) is 0 Å². The first-order chi connectivity index (χ1) is 20.8. The third-order valence-electron chi connectivity index (χ3n) is 7.15. The summed E-state index contributed by atoms with van der Waals surface area (Å²) in [7, 11) is -4.36. The van der Waals surface area contributed by atoms with Crippen LogP contribution in [0.2, 0.25) is 0 Å². The zero-order chi connectivity index (χ0) is 31.9. The highest BCUT2D eigenvalue weighted by molar-refractivity contribution is 7.47. The molecule has 0 aliphatic rings. The van der Waals surface area contributed by atoms with Crippen molar-refractivity contribution >= 4 is 19.8 Å². The van der Waals surface area contributed by atoms with E-state index in [9.17, 15) is 19.0 Å². The summed E-state index contributed by atoms with van der Waals surface area (Å²) >= 11 is 0. The molecule has 3 N–H and O–H groups in total. The van der Waals surface area contributed by atoms with Crippen LogP contribution in [0.4, 0.5) is 0 Å². The zero-order valence-electron chi connectivity index (χ0n) is 27.4. The van der Waals surface area contributed by atoms with Crippen molar-refractivity contribution in [1.82, 2.24) is 0 Å². The van der Waals surface area contributed by atoms with Gasteiger partial charge >= 0.3 is 19.8 Å². The molecule has 0 heterocycles. The third-order valence-corrected chi connectivity index (χ3v) is 8.14. The maximum absolute atomic E-state index is 12.4. The van der Waals surface area contributed by atoms with Crippen LogP contribution < -0.4 is 5.73 Å². The number of carbonyl (C=O) groups excluding carboxylic acids is 2. The number of carbonyl (C=O) groups is 2. The second-order valence-electron chi connectivity index (χ2n) is 11.4. The number of allylic oxidation sites excluding steroid dienone is 2. The van der Waals surface area contributed by atoms with Crippen LogP contribution in [0, 0.1) is 0 Å². The Balaban J connectivity index is 4.29. The Kier molecular flexibility index (Phi) is 29.9. The van der Waals surface area contributed by atoms with Gasteiger partial charge in [-0.05, 0) is 38.5 Å². The van der Waals surface area contributed by atoms with E-state index < -0.39 is 26.5 Å². The van der Waals surface area contributed by atoms with Gasteiger partial charge in [0.2, 0.25) is 0 Å². The molecule has 0 aromatic rings. The van der Waals surface area contributed by atoms with Crippen molar-refractivity contribution in [2.75, 3.05) is 26.4 Å². The summed E-state index contributed by atoms with van der Waals surface area (Å²) in [6, 6.07) is 0. The maximum Gasteiger partial charge on any atom is 0.472 e. The van der Waals surface area contributed by atoms with E-state index in [2.05, 4.69) is 26.0 Å². The topological polar surface area (TPSA) is 134 Å². The van der Waals surface area contributed by atoms with E-state index in [1.807, 2.05) is 0 Å². The molecule has 254 valence electrons. The van der Waals surface area contributed by atoms with Crippen LogP contribution in [-0.2, 0) is 32.7 Å². The molecule has 2 atom stereocenters. The summed E-state index contributed by atoms with van der Waals surface area (Å²) in [4.78, 5) is 34.5. The summed E-state index contributed by atoms with van der Waals surface area (Å²) in [5, 5.41) is 0. The van der Waals surface area contributed by atoms with E-state index in [1.54, 1.807) is 0 Å². The van der Waals surface area contributed by atoms with E-state index in [4.69, 9.17) is 24.3 Å². The van der Waals surface area contributed by atoms with Gasteiger partial charge in [0.25, 0.3) is 0 Å². The lowest BCUT2D eigenvalue weighted by molar-refractivity contribution is -0.161. The smallest absolute Gasteiger partial charge is 0.462 e. The van der Waals surface area contributed by atoms with E-state index in [0.29, 0.717) is 6.42 Å². The van der Waals surface area contributed by atoms with Crippen molar-refractivity contribution < 1.29 is 37.6 Å². The first-order valence-corrected chi connectivity index (χ1v) is 18.7. The van der Waals surface area contributed by atoms with Gasteiger partial charge in [-0.25, -0.2) is 4.57 Å². The van der Waals surface area contributed by atoms with Crippen LogP contribution in [0.1, 0.15) is 155 Å².